The average Bonchev–Trinajstić information content (AvgIpc) is 2.98. The van der Waals surface area contributed by atoms with Crippen LogP contribution in [0.3, 0.4) is 0 Å². The smallest absolute Gasteiger partial charge is 0.239 e. The van der Waals surface area contributed by atoms with Crippen LogP contribution in [0.4, 0.5) is 0 Å². The Morgan fingerprint density at radius 3 is 2.65 bits per heavy atom. The first kappa shape index (κ1) is 18.5. The number of oxazole rings is 1. The molecule has 0 saturated carbocycles. The summed E-state index contributed by atoms with van der Waals surface area (Å²) in [6.45, 7) is 10.2. The molecule has 3 rings (SSSR count). The molecule has 2 aromatic rings. The van der Waals surface area contributed by atoms with Gasteiger partial charge in [0.05, 0.1) is 18.8 Å². The van der Waals surface area contributed by atoms with Crippen molar-refractivity contribution in [3.63, 3.8) is 0 Å². The van der Waals surface area contributed by atoms with Gasteiger partial charge in [0.15, 0.2) is 0 Å². The van der Waals surface area contributed by atoms with Crippen LogP contribution in [0.5, 0.6) is 5.75 Å². The van der Waals surface area contributed by atoms with Crippen molar-refractivity contribution in [2.75, 3.05) is 27.2 Å². The Labute approximate surface area is 154 Å². The maximum absolute atomic E-state index is 12.2. The molecule has 26 heavy (non-hydrogen) atoms. The Hall–Kier alpha value is -2.34. The number of hydrogen-bond donors (Lipinski definition) is 0. The van der Waals surface area contributed by atoms with Crippen molar-refractivity contribution in [2.24, 2.45) is 0 Å². The van der Waals surface area contributed by atoms with Gasteiger partial charge in [0.25, 0.3) is 0 Å². The van der Waals surface area contributed by atoms with Crippen LogP contribution in [0.15, 0.2) is 16.5 Å². The van der Waals surface area contributed by atoms with Crippen molar-refractivity contribution in [2.45, 2.75) is 40.3 Å². The molecule has 1 aliphatic heterocycles. The molecule has 1 saturated heterocycles. The number of aryl methyl sites for hydroxylation is 1. The molecule has 140 valence electrons. The van der Waals surface area contributed by atoms with E-state index in [2.05, 4.69) is 4.90 Å². The van der Waals surface area contributed by atoms with E-state index in [0.29, 0.717) is 12.4 Å². The van der Waals surface area contributed by atoms with Crippen molar-refractivity contribution in [3.8, 4) is 17.2 Å². The van der Waals surface area contributed by atoms with Crippen LogP contribution in [0.2, 0.25) is 0 Å². The fraction of sp³-hybridized carbons (Fsp3) is 0.500. The van der Waals surface area contributed by atoms with E-state index in [1.54, 1.807) is 12.0 Å². The topological polar surface area (TPSA) is 58.8 Å². The van der Waals surface area contributed by atoms with Crippen molar-refractivity contribution in [1.29, 1.82) is 0 Å². The summed E-state index contributed by atoms with van der Waals surface area (Å²) >= 11 is 0. The third-order valence-electron chi connectivity index (χ3n) is 5.44. The molecule has 1 aromatic carbocycles. The second-order valence-electron chi connectivity index (χ2n) is 6.99. The zero-order chi connectivity index (χ0) is 19.0. The number of ether oxygens (including phenoxy) is 1. The summed E-state index contributed by atoms with van der Waals surface area (Å²) in [4.78, 5) is 20.9. The van der Waals surface area contributed by atoms with E-state index < -0.39 is 0 Å². The van der Waals surface area contributed by atoms with E-state index in [1.165, 1.54) is 0 Å². The molecule has 1 aromatic heterocycles. The molecular weight excluding hydrogens is 330 g/mol. The minimum atomic E-state index is -0.140. The normalized spacial score (nSPS) is 18.5. The second-order valence-corrected chi connectivity index (χ2v) is 6.99. The lowest BCUT2D eigenvalue weighted by atomic mass is 10.0. The highest BCUT2D eigenvalue weighted by Crippen LogP contribution is 2.32. The first-order valence-electron chi connectivity index (χ1n) is 8.93. The summed E-state index contributed by atoms with van der Waals surface area (Å²) in [5.41, 5.74) is 4.04. The Morgan fingerprint density at radius 2 is 1.96 bits per heavy atom. The number of nitrogens with zero attached hydrogens (tertiary/aromatic N) is 3. The molecule has 0 spiro atoms. The maximum Gasteiger partial charge on any atom is 0.239 e. The Balaban J connectivity index is 1.86. The lowest BCUT2D eigenvalue weighted by Gasteiger charge is -2.36. The van der Waals surface area contributed by atoms with Gasteiger partial charge < -0.3 is 14.1 Å². The van der Waals surface area contributed by atoms with Gasteiger partial charge in [-0.3, -0.25) is 9.69 Å². The van der Waals surface area contributed by atoms with Crippen LogP contribution in [0, 0.1) is 20.8 Å². The molecule has 6 heteroatoms. The fourth-order valence-electron chi connectivity index (χ4n) is 3.40. The van der Waals surface area contributed by atoms with Crippen LogP contribution >= 0.6 is 0 Å². The van der Waals surface area contributed by atoms with E-state index in [-0.39, 0.29) is 11.9 Å². The molecule has 6 nitrogen and oxygen atoms in total. The van der Waals surface area contributed by atoms with Gasteiger partial charge in [-0.15, -0.1) is 0 Å². The van der Waals surface area contributed by atoms with Gasteiger partial charge in [-0.05, 0) is 51.0 Å². The van der Waals surface area contributed by atoms with Gasteiger partial charge in [0.1, 0.15) is 11.5 Å². The van der Waals surface area contributed by atoms with E-state index in [4.69, 9.17) is 14.1 Å². The zero-order valence-corrected chi connectivity index (χ0v) is 16.4. The molecule has 0 aliphatic carbocycles. The van der Waals surface area contributed by atoms with Crippen LogP contribution in [-0.2, 0) is 11.3 Å². The third-order valence-corrected chi connectivity index (χ3v) is 5.44. The van der Waals surface area contributed by atoms with Crippen molar-refractivity contribution < 1.29 is 13.9 Å². The largest absolute Gasteiger partial charge is 0.496 e. The number of hydrogen-bond acceptors (Lipinski definition) is 5. The predicted octanol–water partition coefficient (Wildman–Crippen LogP) is 2.94. The van der Waals surface area contributed by atoms with Gasteiger partial charge in [0, 0.05) is 32.2 Å². The van der Waals surface area contributed by atoms with Gasteiger partial charge in [-0.2, -0.15) is 0 Å². The van der Waals surface area contributed by atoms with Crippen molar-refractivity contribution in [1.82, 2.24) is 14.8 Å². The lowest BCUT2D eigenvalue weighted by Crippen LogP contribution is -2.53. The van der Waals surface area contributed by atoms with Gasteiger partial charge in [-0.1, -0.05) is 0 Å². The van der Waals surface area contributed by atoms with Crippen LogP contribution in [0.25, 0.3) is 11.5 Å². The van der Waals surface area contributed by atoms with Crippen LogP contribution < -0.4 is 4.74 Å². The maximum atomic E-state index is 12.2. The number of likely N-dealkylation sites (N-methyl/N-ethyl adjacent to an activating group) is 1. The van der Waals surface area contributed by atoms with E-state index in [1.807, 2.05) is 46.9 Å². The van der Waals surface area contributed by atoms with E-state index in [9.17, 15) is 4.79 Å². The lowest BCUT2D eigenvalue weighted by molar-refractivity contribution is -0.139. The summed E-state index contributed by atoms with van der Waals surface area (Å²) < 4.78 is 11.3. The zero-order valence-electron chi connectivity index (χ0n) is 16.4. The SMILES string of the molecule is COc1ccc(-c2nc(CN3CCN(C)C(=O)[C@H]3C)c(C)o2)c(C)c1C. The number of methoxy groups -OCH3 is 1. The molecule has 2 heterocycles. The van der Waals surface area contributed by atoms with Crippen molar-refractivity contribution in [3.05, 3.63) is 34.7 Å². The molecule has 1 amide bonds. The quantitative estimate of drug-likeness (QED) is 0.842. The van der Waals surface area contributed by atoms with E-state index in [0.717, 1.165) is 47.0 Å². The summed E-state index contributed by atoms with van der Waals surface area (Å²) in [6, 6.07) is 3.79. The van der Waals surface area contributed by atoms with Gasteiger partial charge >= 0.3 is 0 Å². The molecule has 0 bridgehead atoms. The monoisotopic (exact) mass is 357 g/mol. The predicted molar refractivity (Wildman–Crippen MR) is 100 cm³/mol. The molecule has 0 N–H and O–H groups in total. The highest BCUT2D eigenvalue weighted by Gasteiger charge is 2.30. The molecule has 0 radical (unpaired) electrons. The number of aromatic nitrogens is 1. The molecule has 1 atom stereocenters. The first-order chi connectivity index (χ1) is 12.3. The summed E-state index contributed by atoms with van der Waals surface area (Å²) in [7, 11) is 3.53. The Morgan fingerprint density at radius 1 is 1.23 bits per heavy atom. The fourth-order valence-corrected chi connectivity index (χ4v) is 3.40. The van der Waals surface area contributed by atoms with E-state index >= 15 is 0 Å². The Bertz CT molecular complexity index is 828. The van der Waals surface area contributed by atoms with Crippen LogP contribution in [-0.4, -0.2) is 54.0 Å². The van der Waals surface area contributed by atoms with Gasteiger partial charge in [0.2, 0.25) is 11.8 Å². The van der Waals surface area contributed by atoms with Gasteiger partial charge in [-0.25, -0.2) is 4.98 Å². The third kappa shape index (κ3) is 3.21. The number of rotatable bonds is 4. The number of carbonyl (C=O) groups excluding carboxylic acids is 1. The molecule has 1 aliphatic rings. The summed E-state index contributed by atoms with van der Waals surface area (Å²) in [5.74, 6) is 2.43. The second kappa shape index (κ2) is 7.11. The number of piperazine rings is 1. The highest BCUT2D eigenvalue weighted by molar-refractivity contribution is 5.81. The van der Waals surface area contributed by atoms with Crippen molar-refractivity contribution >= 4 is 5.91 Å². The van der Waals surface area contributed by atoms with Crippen LogP contribution in [0.1, 0.15) is 29.5 Å². The molecule has 1 fully saturated rings. The number of benzene rings is 1. The standard InChI is InChI=1S/C20H27N3O3/c1-12-13(2)18(25-6)8-7-16(12)19-21-17(15(4)26-19)11-23-10-9-22(5)20(24)14(23)3/h7-8,14H,9-11H2,1-6H3/t14-/m1/s1. The molecular formula is C20H27N3O3. The Kier molecular flexibility index (Phi) is 5.05. The average molecular weight is 357 g/mol. The minimum absolute atomic E-state index is 0.140. The minimum Gasteiger partial charge on any atom is -0.496 e. The summed E-state index contributed by atoms with van der Waals surface area (Å²) in [6.07, 6.45) is 0. The molecule has 0 unspecified atom stereocenters. The number of carbonyl (C=O) groups is 1. The first-order valence-corrected chi connectivity index (χ1v) is 8.93. The summed E-state index contributed by atoms with van der Waals surface area (Å²) in [5, 5.41) is 0. The number of amides is 1. The highest BCUT2D eigenvalue weighted by atomic mass is 16.5.